The zero-order valence-corrected chi connectivity index (χ0v) is 16.6. The van der Waals surface area contributed by atoms with Crippen molar-refractivity contribution in [3.8, 4) is 11.4 Å². The largest absolute Gasteiger partial charge is 0.315 e. The molecule has 1 aromatic carbocycles. The van der Waals surface area contributed by atoms with Gasteiger partial charge in [-0.15, -0.1) is 10.2 Å². The number of aromatic nitrogens is 4. The summed E-state index contributed by atoms with van der Waals surface area (Å²) in [5, 5.41) is 9.19. The van der Waals surface area contributed by atoms with E-state index in [-0.39, 0.29) is 11.2 Å². The number of anilines is 1. The molecule has 0 aliphatic heterocycles. The van der Waals surface area contributed by atoms with Crippen LogP contribution in [0.25, 0.3) is 11.4 Å². The molecule has 0 bridgehead atoms. The van der Waals surface area contributed by atoms with Gasteiger partial charge in [0.2, 0.25) is 5.91 Å². The van der Waals surface area contributed by atoms with E-state index in [0.29, 0.717) is 0 Å². The maximum absolute atomic E-state index is 12.8. The molecule has 3 aromatic rings. The zero-order valence-electron chi connectivity index (χ0n) is 15.7. The van der Waals surface area contributed by atoms with Crippen LogP contribution in [0.15, 0.2) is 60.0 Å². The molecule has 140 valence electrons. The molecule has 0 saturated carbocycles. The van der Waals surface area contributed by atoms with Crippen molar-refractivity contribution in [1.82, 2.24) is 19.7 Å². The highest BCUT2D eigenvalue weighted by Gasteiger charge is 2.23. The Morgan fingerprint density at radius 2 is 1.85 bits per heavy atom. The van der Waals surface area contributed by atoms with Crippen molar-refractivity contribution in [2.24, 2.45) is 0 Å². The van der Waals surface area contributed by atoms with Crippen LogP contribution in [0.5, 0.6) is 0 Å². The number of rotatable bonds is 7. The van der Waals surface area contributed by atoms with Crippen molar-refractivity contribution in [2.45, 2.75) is 37.2 Å². The molecule has 0 radical (unpaired) electrons. The molecule has 3 rings (SSSR count). The van der Waals surface area contributed by atoms with Crippen molar-refractivity contribution in [2.75, 3.05) is 11.9 Å². The fourth-order valence-corrected chi connectivity index (χ4v) is 3.74. The molecule has 2 heterocycles. The average molecular weight is 382 g/mol. The lowest BCUT2D eigenvalue weighted by Gasteiger charge is -2.21. The van der Waals surface area contributed by atoms with Gasteiger partial charge in [0, 0.05) is 37.2 Å². The monoisotopic (exact) mass is 381 g/mol. The second-order valence-electron chi connectivity index (χ2n) is 6.19. The van der Waals surface area contributed by atoms with Crippen LogP contribution in [0.2, 0.25) is 0 Å². The highest BCUT2D eigenvalue weighted by Crippen LogP contribution is 2.28. The van der Waals surface area contributed by atoms with Crippen LogP contribution in [0, 0.1) is 0 Å². The normalized spacial score (nSPS) is 12.0. The van der Waals surface area contributed by atoms with E-state index in [1.807, 2.05) is 49.4 Å². The summed E-state index contributed by atoms with van der Waals surface area (Å²) in [4.78, 5) is 18.6. The van der Waals surface area contributed by atoms with Gasteiger partial charge in [-0.3, -0.25) is 9.78 Å². The summed E-state index contributed by atoms with van der Waals surface area (Å²) in [6.07, 6.45) is 4.44. The number of carbonyl (C=O) groups is 1. The molecule has 2 aromatic heterocycles. The predicted molar refractivity (Wildman–Crippen MR) is 109 cm³/mol. The van der Waals surface area contributed by atoms with Gasteiger partial charge in [0.1, 0.15) is 0 Å². The van der Waals surface area contributed by atoms with E-state index >= 15 is 0 Å². The molecule has 7 heteroatoms. The molecule has 0 saturated heterocycles. The van der Waals surface area contributed by atoms with Gasteiger partial charge in [0.05, 0.1) is 5.25 Å². The molecule has 27 heavy (non-hydrogen) atoms. The number of thioether (sulfide) groups is 1. The van der Waals surface area contributed by atoms with Gasteiger partial charge in [0.25, 0.3) is 0 Å². The first kappa shape index (κ1) is 19.1. The first-order valence-corrected chi connectivity index (χ1v) is 9.82. The number of hydrogen-bond acceptors (Lipinski definition) is 5. The zero-order chi connectivity index (χ0) is 19.2. The van der Waals surface area contributed by atoms with Crippen LogP contribution in [-0.2, 0) is 11.3 Å². The topological polar surface area (TPSA) is 63.9 Å². The molecule has 0 aliphatic carbocycles. The number of amides is 1. The lowest BCUT2D eigenvalue weighted by molar-refractivity contribution is -0.117. The van der Waals surface area contributed by atoms with E-state index in [1.165, 1.54) is 11.8 Å². The maximum atomic E-state index is 12.8. The number of benzene rings is 1. The fraction of sp³-hybridized carbons (Fsp3) is 0.300. The predicted octanol–water partition coefficient (Wildman–Crippen LogP) is 3.89. The van der Waals surface area contributed by atoms with Crippen molar-refractivity contribution >= 4 is 23.4 Å². The number of pyridine rings is 1. The maximum Gasteiger partial charge on any atom is 0.240 e. The Morgan fingerprint density at radius 3 is 2.52 bits per heavy atom. The highest BCUT2D eigenvalue weighted by atomic mass is 32.2. The van der Waals surface area contributed by atoms with Gasteiger partial charge in [-0.25, -0.2) is 0 Å². The minimum absolute atomic E-state index is 0.0303. The molecule has 0 aliphatic rings. The van der Waals surface area contributed by atoms with Gasteiger partial charge in [-0.2, -0.15) is 0 Å². The molecule has 1 unspecified atom stereocenters. The van der Waals surface area contributed by atoms with Crippen molar-refractivity contribution in [3.05, 3.63) is 54.9 Å². The minimum Gasteiger partial charge on any atom is -0.315 e. The van der Waals surface area contributed by atoms with Crippen LogP contribution >= 0.6 is 11.8 Å². The summed E-state index contributed by atoms with van der Waals surface area (Å²) in [7, 11) is 1.80. The van der Waals surface area contributed by atoms with E-state index in [9.17, 15) is 4.79 Å². The van der Waals surface area contributed by atoms with Crippen LogP contribution in [-0.4, -0.2) is 38.0 Å². The van der Waals surface area contributed by atoms with Gasteiger partial charge in [-0.1, -0.05) is 36.9 Å². The lowest BCUT2D eigenvalue weighted by Crippen LogP contribution is -2.33. The summed E-state index contributed by atoms with van der Waals surface area (Å²) in [5.74, 6) is 0.834. The van der Waals surface area contributed by atoms with Crippen LogP contribution in [0.3, 0.4) is 0 Å². The van der Waals surface area contributed by atoms with Crippen molar-refractivity contribution in [3.63, 3.8) is 0 Å². The van der Waals surface area contributed by atoms with Gasteiger partial charge >= 0.3 is 0 Å². The average Bonchev–Trinajstić information content (AvgIpc) is 3.10. The quantitative estimate of drug-likeness (QED) is 0.581. The minimum atomic E-state index is -0.277. The second-order valence-corrected chi connectivity index (χ2v) is 7.49. The molecule has 1 atom stereocenters. The van der Waals surface area contributed by atoms with E-state index in [2.05, 4.69) is 26.7 Å². The Kier molecular flexibility index (Phi) is 6.24. The molecule has 0 N–H and O–H groups in total. The smallest absolute Gasteiger partial charge is 0.240 e. The van der Waals surface area contributed by atoms with Crippen molar-refractivity contribution in [1.29, 1.82) is 0 Å². The summed E-state index contributed by atoms with van der Waals surface area (Å²) in [6.45, 7) is 4.81. The Hall–Kier alpha value is -2.67. The van der Waals surface area contributed by atoms with Crippen LogP contribution < -0.4 is 4.90 Å². The van der Waals surface area contributed by atoms with E-state index < -0.39 is 0 Å². The standard InChI is InChI=1S/C20H23N5OS/c1-4-14-25-18(16-10-12-21-13-11-16)22-23-20(25)27-15(2)19(26)24(3)17-8-6-5-7-9-17/h5-13,15H,4,14H2,1-3H3. The number of para-hydroxylation sites is 1. The lowest BCUT2D eigenvalue weighted by atomic mass is 10.2. The van der Waals surface area contributed by atoms with Crippen molar-refractivity contribution < 1.29 is 4.79 Å². The summed E-state index contributed by atoms with van der Waals surface area (Å²) < 4.78 is 2.08. The number of carbonyl (C=O) groups excluding carboxylic acids is 1. The number of hydrogen-bond donors (Lipinski definition) is 0. The molecule has 6 nitrogen and oxygen atoms in total. The third-order valence-corrected chi connectivity index (χ3v) is 5.27. The van der Waals surface area contributed by atoms with Crippen LogP contribution in [0.1, 0.15) is 20.3 Å². The van der Waals surface area contributed by atoms with Gasteiger partial charge in [-0.05, 0) is 37.6 Å². The molecular formula is C20H23N5OS. The third kappa shape index (κ3) is 4.36. The Morgan fingerprint density at radius 1 is 1.15 bits per heavy atom. The summed E-state index contributed by atoms with van der Waals surface area (Å²) >= 11 is 1.44. The summed E-state index contributed by atoms with van der Waals surface area (Å²) in [5.41, 5.74) is 1.85. The second kappa shape index (κ2) is 8.81. The van der Waals surface area contributed by atoms with E-state index in [0.717, 1.165) is 35.2 Å². The van der Waals surface area contributed by atoms with Gasteiger partial charge in [0.15, 0.2) is 11.0 Å². The van der Waals surface area contributed by atoms with Gasteiger partial charge < -0.3 is 9.47 Å². The van der Waals surface area contributed by atoms with E-state index in [4.69, 9.17) is 0 Å². The fourth-order valence-electron chi connectivity index (χ4n) is 2.78. The molecule has 0 fully saturated rings. The number of nitrogens with zero attached hydrogens (tertiary/aromatic N) is 5. The first-order valence-electron chi connectivity index (χ1n) is 8.94. The Labute approximate surface area is 163 Å². The summed E-state index contributed by atoms with van der Waals surface area (Å²) in [6, 6.07) is 13.5. The Balaban J connectivity index is 1.80. The molecule has 1 amide bonds. The third-order valence-electron chi connectivity index (χ3n) is 4.21. The van der Waals surface area contributed by atoms with E-state index in [1.54, 1.807) is 24.3 Å². The molecule has 0 spiro atoms. The molecular weight excluding hydrogens is 358 g/mol. The highest BCUT2D eigenvalue weighted by molar-refractivity contribution is 8.00. The first-order chi connectivity index (χ1) is 13.1. The SMILES string of the molecule is CCCn1c(SC(C)C(=O)N(C)c2ccccc2)nnc1-c1ccncc1. The van der Waals surface area contributed by atoms with Crippen LogP contribution in [0.4, 0.5) is 5.69 Å². The Bertz CT molecular complexity index is 882.